The molecule has 1 aliphatic heterocycles. The van der Waals surface area contributed by atoms with Gasteiger partial charge in [-0.05, 0) is 36.6 Å². The molecule has 0 fully saturated rings. The molecule has 28 heavy (non-hydrogen) atoms. The molecule has 1 aliphatic rings. The number of nitrogen functional groups attached to an aromatic ring is 1. The molecule has 3 N–H and O–H groups in total. The van der Waals surface area contributed by atoms with Crippen LogP contribution in [-0.4, -0.2) is 44.1 Å². The Kier molecular flexibility index (Phi) is 5.24. The van der Waals surface area contributed by atoms with Gasteiger partial charge < -0.3 is 10.8 Å². The Labute approximate surface area is 162 Å². The molecule has 1 atom stereocenters. The zero-order chi connectivity index (χ0) is 20.6. The number of aromatic hydroxyl groups is 1. The number of carbonyl (C=O) groups excluding carboxylic acids is 1. The summed E-state index contributed by atoms with van der Waals surface area (Å²) in [4.78, 5) is 39.4. The molecule has 0 saturated carbocycles. The van der Waals surface area contributed by atoms with E-state index in [0.29, 0.717) is 13.1 Å². The van der Waals surface area contributed by atoms with Crippen molar-refractivity contribution in [1.82, 2.24) is 14.0 Å². The maximum atomic E-state index is 13.0. The Morgan fingerprint density at radius 1 is 1.14 bits per heavy atom. The summed E-state index contributed by atoms with van der Waals surface area (Å²) in [5.74, 6) is -0.282. The number of benzene rings is 1. The van der Waals surface area contributed by atoms with E-state index in [0.717, 1.165) is 26.7 Å². The Morgan fingerprint density at radius 3 is 2.36 bits per heavy atom. The minimum atomic E-state index is -0.671. The lowest BCUT2D eigenvalue weighted by atomic mass is 9.97. The van der Waals surface area contributed by atoms with Crippen LogP contribution >= 0.6 is 0 Å². The van der Waals surface area contributed by atoms with E-state index in [9.17, 15) is 19.5 Å². The van der Waals surface area contributed by atoms with Crippen molar-refractivity contribution in [3.63, 3.8) is 0 Å². The van der Waals surface area contributed by atoms with Gasteiger partial charge >= 0.3 is 5.69 Å². The van der Waals surface area contributed by atoms with Gasteiger partial charge in [-0.2, -0.15) is 0 Å². The van der Waals surface area contributed by atoms with Gasteiger partial charge in [0.2, 0.25) is 0 Å². The first kappa shape index (κ1) is 19.6. The smallest absolute Gasteiger partial charge is 0.332 e. The van der Waals surface area contributed by atoms with Crippen LogP contribution in [0.4, 0.5) is 5.82 Å². The fraction of sp³-hybridized carbons (Fsp3) is 0.350. The predicted molar refractivity (Wildman–Crippen MR) is 107 cm³/mol. The molecule has 1 aromatic carbocycles. The van der Waals surface area contributed by atoms with Crippen LogP contribution in [0.2, 0.25) is 0 Å². The van der Waals surface area contributed by atoms with E-state index in [1.807, 2.05) is 23.1 Å². The van der Waals surface area contributed by atoms with Crippen LogP contribution in [0.3, 0.4) is 0 Å². The fourth-order valence-electron chi connectivity index (χ4n) is 3.44. The normalized spacial score (nSPS) is 15.9. The number of ketones is 1. The van der Waals surface area contributed by atoms with Gasteiger partial charge in [0.25, 0.3) is 5.56 Å². The van der Waals surface area contributed by atoms with Gasteiger partial charge in [0.1, 0.15) is 17.1 Å². The number of nitrogens with zero attached hydrogens (tertiary/aromatic N) is 3. The fourth-order valence-corrected chi connectivity index (χ4v) is 3.44. The molecular formula is C20H24N4O4. The van der Waals surface area contributed by atoms with E-state index < -0.39 is 23.1 Å². The Bertz CT molecular complexity index is 1060. The van der Waals surface area contributed by atoms with Gasteiger partial charge in [0.15, 0.2) is 5.78 Å². The number of rotatable bonds is 4. The summed E-state index contributed by atoms with van der Waals surface area (Å²) in [5, 5.41) is 9.42. The van der Waals surface area contributed by atoms with Gasteiger partial charge in [0.05, 0.1) is 6.04 Å². The van der Waals surface area contributed by atoms with E-state index in [-0.39, 0.29) is 17.1 Å². The van der Waals surface area contributed by atoms with E-state index in [4.69, 9.17) is 5.73 Å². The van der Waals surface area contributed by atoms with Crippen molar-refractivity contribution in [3.05, 3.63) is 62.3 Å². The second-order valence-electron chi connectivity index (χ2n) is 7.03. The third-order valence-corrected chi connectivity index (χ3v) is 5.36. The summed E-state index contributed by atoms with van der Waals surface area (Å²) in [7, 11) is 2.77. The third-order valence-electron chi connectivity index (χ3n) is 5.36. The van der Waals surface area contributed by atoms with Gasteiger partial charge in [-0.1, -0.05) is 18.2 Å². The molecule has 0 amide bonds. The molecule has 2 aromatic rings. The molecule has 3 rings (SSSR count). The number of phenolic OH excluding ortho intramolecular Hbond substituents is 1. The first-order valence-corrected chi connectivity index (χ1v) is 9.04. The molecule has 0 saturated heterocycles. The van der Waals surface area contributed by atoms with Crippen LogP contribution in [-0.2, 0) is 14.1 Å². The SMILES string of the molecule is CC(C(=O)c1c(N)n(C)c(=O)n(C)c1=O)N1CC=C(c2ccc(O)cc2)CC1. The molecule has 0 radical (unpaired) electrons. The number of anilines is 1. The lowest BCUT2D eigenvalue weighted by Crippen LogP contribution is -2.47. The molecule has 1 unspecified atom stereocenters. The zero-order valence-corrected chi connectivity index (χ0v) is 16.2. The summed E-state index contributed by atoms with van der Waals surface area (Å²) >= 11 is 0. The van der Waals surface area contributed by atoms with E-state index in [2.05, 4.69) is 0 Å². The van der Waals surface area contributed by atoms with Crippen molar-refractivity contribution >= 4 is 17.2 Å². The summed E-state index contributed by atoms with van der Waals surface area (Å²) < 4.78 is 2.01. The summed E-state index contributed by atoms with van der Waals surface area (Å²) in [5.41, 5.74) is 6.71. The number of hydrogen-bond acceptors (Lipinski definition) is 6. The summed E-state index contributed by atoms with van der Waals surface area (Å²) in [6.07, 6.45) is 2.78. The van der Waals surface area contributed by atoms with Gasteiger partial charge in [-0.25, -0.2) is 4.79 Å². The predicted octanol–water partition coefficient (Wildman–Crippen LogP) is 0.732. The van der Waals surface area contributed by atoms with Crippen molar-refractivity contribution < 1.29 is 9.90 Å². The Balaban J connectivity index is 1.83. The highest BCUT2D eigenvalue weighted by molar-refractivity contribution is 6.03. The number of phenols is 1. The summed E-state index contributed by atoms with van der Waals surface area (Å²) in [6.45, 7) is 2.94. The van der Waals surface area contributed by atoms with Crippen LogP contribution in [0.15, 0.2) is 39.9 Å². The van der Waals surface area contributed by atoms with E-state index in [1.54, 1.807) is 19.1 Å². The largest absolute Gasteiger partial charge is 0.508 e. The maximum absolute atomic E-state index is 13.0. The zero-order valence-electron chi connectivity index (χ0n) is 16.2. The molecule has 0 aliphatic carbocycles. The molecular weight excluding hydrogens is 360 g/mol. The van der Waals surface area contributed by atoms with E-state index >= 15 is 0 Å². The minimum absolute atomic E-state index is 0.109. The Morgan fingerprint density at radius 2 is 1.79 bits per heavy atom. The van der Waals surface area contributed by atoms with Crippen molar-refractivity contribution in [2.45, 2.75) is 19.4 Å². The number of nitrogens with two attached hydrogens (primary N) is 1. The molecule has 0 bridgehead atoms. The van der Waals surface area contributed by atoms with E-state index in [1.165, 1.54) is 14.1 Å². The lowest BCUT2D eigenvalue weighted by Gasteiger charge is -2.31. The van der Waals surface area contributed by atoms with Crippen molar-refractivity contribution in [2.24, 2.45) is 14.1 Å². The highest BCUT2D eigenvalue weighted by atomic mass is 16.3. The van der Waals surface area contributed by atoms with Crippen LogP contribution in [0.5, 0.6) is 5.75 Å². The van der Waals surface area contributed by atoms with Gasteiger partial charge in [0, 0.05) is 27.2 Å². The van der Waals surface area contributed by atoms with Crippen molar-refractivity contribution in [1.29, 1.82) is 0 Å². The second kappa shape index (κ2) is 7.47. The highest BCUT2D eigenvalue weighted by Crippen LogP contribution is 2.25. The average molecular weight is 384 g/mol. The summed E-state index contributed by atoms with van der Waals surface area (Å²) in [6, 6.07) is 6.46. The van der Waals surface area contributed by atoms with Crippen LogP contribution in [0.25, 0.3) is 5.57 Å². The maximum Gasteiger partial charge on any atom is 0.332 e. The first-order valence-electron chi connectivity index (χ1n) is 9.04. The Hall–Kier alpha value is -3.13. The molecule has 8 heteroatoms. The molecule has 0 spiro atoms. The average Bonchev–Trinajstić information content (AvgIpc) is 2.71. The minimum Gasteiger partial charge on any atom is -0.508 e. The van der Waals surface area contributed by atoms with Crippen molar-refractivity contribution in [3.8, 4) is 5.75 Å². The van der Waals surface area contributed by atoms with Crippen LogP contribution in [0.1, 0.15) is 29.3 Å². The molecule has 148 valence electrons. The molecule has 2 heterocycles. The number of Topliss-reactive ketones (excluding diaryl/α,β-unsaturated/α-hetero) is 1. The molecule has 8 nitrogen and oxygen atoms in total. The van der Waals surface area contributed by atoms with Crippen LogP contribution in [0, 0.1) is 0 Å². The first-order chi connectivity index (χ1) is 13.2. The third kappa shape index (κ3) is 3.38. The standard InChI is InChI=1S/C20H24N4O4/c1-12(17(26)16-18(21)22(2)20(28)23(3)19(16)27)24-10-8-14(9-11-24)13-4-6-15(25)7-5-13/h4-8,12,25H,9-11,21H2,1-3H3. The molecule has 1 aromatic heterocycles. The van der Waals surface area contributed by atoms with Crippen molar-refractivity contribution in [2.75, 3.05) is 18.8 Å². The topological polar surface area (TPSA) is 111 Å². The number of hydrogen-bond donors (Lipinski definition) is 2. The second-order valence-corrected chi connectivity index (χ2v) is 7.03. The van der Waals surface area contributed by atoms with Crippen LogP contribution < -0.4 is 17.0 Å². The lowest BCUT2D eigenvalue weighted by molar-refractivity contribution is 0.0849. The monoisotopic (exact) mass is 384 g/mol. The number of carbonyl (C=O) groups is 1. The highest BCUT2D eigenvalue weighted by Gasteiger charge is 2.29. The van der Waals surface area contributed by atoms with Gasteiger partial charge in [-0.15, -0.1) is 0 Å². The number of aromatic nitrogens is 2. The quantitative estimate of drug-likeness (QED) is 0.752. The van der Waals surface area contributed by atoms with Gasteiger partial charge in [-0.3, -0.25) is 23.6 Å².